The molecule has 0 unspecified atom stereocenters. The van der Waals surface area contributed by atoms with Crippen molar-refractivity contribution < 1.29 is 18.0 Å². The Kier molecular flexibility index (Phi) is 5.31. The van der Waals surface area contributed by atoms with E-state index in [0.29, 0.717) is 29.3 Å². The first-order valence-electron chi connectivity index (χ1n) is 8.58. The Bertz CT molecular complexity index is 779. The van der Waals surface area contributed by atoms with Crippen molar-refractivity contribution in [1.82, 2.24) is 20.8 Å². The summed E-state index contributed by atoms with van der Waals surface area (Å²) >= 11 is 0. The highest BCUT2D eigenvalue weighted by Crippen LogP contribution is 2.37. The van der Waals surface area contributed by atoms with Crippen LogP contribution in [0.1, 0.15) is 34.6 Å². The Labute approximate surface area is 149 Å². The van der Waals surface area contributed by atoms with E-state index in [1.54, 1.807) is 18.2 Å². The van der Waals surface area contributed by atoms with Crippen LogP contribution in [-0.2, 0) is 6.18 Å². The van der Waals surface area contributed by atoms with Crippen LogP contribution in [0, 0.1) is 12.8 Å². The van der Waals surface area contributed by atoms with Gasteiger partial charge in [-0.15, -0.1) is 0 Å². The fourth-order valence-corrected chi connectivity index (χ4v) is 3.23. The topological polar surface area (TPSA) is 69.8 Å². The maximum absolute atomic E-state index is 13.2. The molecular formula is C18H21F3N4O. The van der Waals surface area contributed by atoms with Gasteiger partial charge in [-0.3, -0.25) is 9.89 Å². The molecule has 1 aromatic carbocycles. The summed E-state index contributed by atoms with van der Waals surface area (Å²) in [5.41, 5.74) is -0.0272. The fourth-order valence-electron chi connectivity index (χ4n) is 3.23. The van der Waals surface area contributed by atoms with Crippen molar-refractivity contribution in [3.05, 3.63) is 41.2 Å². The van der Waals surface area contributed by atoms with Gasteiger partial charge in [0.25, 0.3) is 5.91 Å². The summed E-state index contributed by atoms with van der Waals surface area (Å²) in [7, 11) is 0. The van der Waals surface area contributed by atoms with Crippen molar-refractivity contribution in [2.45, 2.75) is 25.9 Å². The summed E-state index contributed by atoms with van der Waals surface area (Å²) in [4.78, 5) is 12.4. The molecular weight excluding hydrogens is 345 g/mol. The molecule has 1 aliphatic heterocycles. The smallest absolute Gasteiger partial charge is 0.352 e. The number of carbonyl (C=O) groups is 1. The normalized spacial score (nSPS) is 15.8. The van der Waals surface area contributed by atoms with E-state index in [1.807, 2.05) is 0 Å². The van der Waals surface area contributed by atoms with Gasteiger partial charge < -0.3 is 10.6 Å². The second-order valence-electron chi connectivity index (χ2n) is 6.55. The van der Waals surface area contributed by atoms with E-state index in [-0.39, 0.29) is 11.5 Å². The highest BCUT2D eigenvalue weighted by molar-refractivity contribution is 5.95. The highest BCUT2D eigenvalue weighted by Gasteiger charge is 2.37. The highest BCUT2D eigenvalue weighted by atomic mass is 19.4. The number of H-pyrrole nitrogens is 1. The Morgan fingerprint density at radius 1 is 1.31 bits per heavy atom. The summed E-state index contributed by atoms with van der Waals surface area (Å²) in [6.07, 6.45) is -2.56. The van der Waals surface area contributed by atoms with Crippen LogP contribution in [-0.4, -0.2) is 35.7 Å². The SMILES string of the molecule is Cc1[nH]nc(C(F)(F)F)c1-c1cccc(C(=O)NCC2CCNCC2)c1. The fraction of sp³-hybridized carbons (Fsp3) is 0.444. The lowest BCUT2D eigenvalue weighted by Gasteiger charge is -2.22. The lowest BCUT2D eigenvalue weighted by Crippen LogP contribution is -2.35. The molecule has 1 saturated heterocycles. The van der Waals surface area contributed by atoms with E-state index in [4.69, 9.17) is 0 Å². The van der Waals surface area contributed by atoms with Crippen molar-refractivity contribution in [1.29, 1.82) is 0 Å². The predicted molar refractivity (Wildman–Crippen MR) is 91.7 cm³/mol. The maximum Gasteiger partial charge on any atom is 0.435 e. The third-order valence-electron chi connectivity index (χ3n) is 4.64. The van der Waals surface area contributed by atoms with Gasteiger partial charge in [-0.1, -0.05) is 12.1 Å². The molecule has 1 aliphatic rings. The van der Waals surface area contributed by atoms with Gasteiger partial charge in [-0.2, -0.15) is 18.3 Å². The molecule has 2 aromatic rings. The average Bonchev–Trinajstić information content (AvgIpc) is 3.02. The van der Waals surface area contributed by atoms with Crippen LogP contribution < -0.4 is 10.6 Å². The van der Waals surface area contributed by atoms with Crippen LogP contribution in [0.4, 0.5) is 13.2 Å². The van der Waals surface area contributed by atoms with Crippen molar-refractivity contribution in [3.8, 4) is 11.1 Å². The lowest BCUT2D eigenvalue weighted by atomic mass is 9.97. The molecule has 0 bridgehead atoms. The van der Waals surface area contributed by atoms with Gasteiger partial charge in [0.2, 0.25) is 0 Å². The third kappa shape index (κ3) is 4.07. The second kappa shape index (κ2) is 7.49. The molecule has 2 heterocycles. The zero-order chi connectivity index (χ0) is 18.7. The first kappa shape index (κ1) is 18.4. The quantitative estimate of drug-likeness (QED) is 0.779. The van der Waals surface area contributed by atoms with Crippen LogP contribution in [0.15, 0.2) is 24.3 Å². The number of halogens is 3. The van der Waals surface area contributed by atoms with Crippen LogP contribution >= 0.6 is 0 Å². The molecule has 1 aromatic heterocycles. The van der Waals surface area contributed by atoms with Crippen molar-refractivity contribution in [3.63, 3.8) is 0 Å². The number of aromatic amines is 1. The predicted octanol–water partition coefficient (Wildman–Crippen LogP) is 3.13. The molecule has 0 atom stereocenters. The number of rotatable bonds is 4. The molecule has 3 N–H and O–H groups in total. The first-order chi connectivity index (χ1) is 12.4. The number of alkyl halides is 3. The minimum atomic E-state index is -4.56. The summed E-state index contributed by atoms with van der Waals surface area (Å²) < 4.78 is 39.5. The molecule has 26 heavy (non-hydrogen) atoms. The van der Waals surface area contributed by atoms with Gasteiger partial charge in [0.15, 0.2) is 5.69 Å². The summed E-state index contributed by atoms with van der Waals surface area (Å²) in [5, 5.41) is 11.9. The monoisotopic (exact) mass is 366 g/mol. The van der Waals surface area contributed by atoms with Crippen molar-refractivity contribution >= 4 is 5.91 Å². The zero-order valence-electron chi connectivity index (χ0n) is 14.4. The van der Waals surface area contributed by atoms with E-state index < -0.39 is 11.9 Å². The minimum absolute atomic E-state index is 0.0227. The second-order valence-corrected chi connectivity index (χ2v) is 6.55. The van der Waals surface area contributed by atoms with Gasteiger partial charge in [0, 0.05) is 23.4 Å². The third-order valence-corrected chi connectivity index (χ3v) is 4.64. The van der Waals surface area contributed by atoms with Crippen LogP contribution in [0.3, 0.4) is 0 Å². The number of carbonyl (C=O) groups excluding carboxylic acids is 1. The number of aryl methyl sites for hydroxylation is 1. The van der Waals surface area contributed by atoms with E-state index in [9.17, 15) is 18.0 Å². The molecule has 0 radical (unpaired) electrons. The Hall–Kier alpha value is -2.35. The Balaban J connectivity index is 1.78. The average molecular weight is 366 g/mol. The molecule has 1 fully saturated rings. The van der Waals surface area contributed by atoms with Crippen LogP contribution in [0.5, 0.6) is 0 Å². The van der Waals surface area contributed by atoms with Gasteiger partial charge in [-0.05, 0) is 56.5 Å². The van der Waals surface area contributed by atoms with E-state index >= 15 is 0 Å². The number of hydrogen-bond donors (Lipinski definition) is 3. The maximum atomic E-state index is 13.2. The number of nitrogens with zero attached hydrogens (tertiary/aromatic N) is 1. The summed E-state index contributed by atoms with van der Waals surface area (Å²) in [6.45, 7) is 3.98. The van der Waals surface area contributed by atoms with Crippen LogP contribution in [0.2, 0.25) is 0 Å². The molecule has 0 spiro atoms. The molecule has 140 valence electrons. The number of nitrogens with one attached hydrogen (secondary N) is 3. The number of piperidine rings is 1. The standard InChI is InChI=1S/C18H21F3N4O/c1-11-15(16(25-24-11)18(19,20)21)13-3-2-4-14(9-13)17(26)23-10-12-5-7-22-8-6-12/h2-4,9,12,22H,5-8,10H2,1H3,(H,23,26)(H,24,25). The molecule has 5 nitrogen and oxygen atoms in total. The van der Waals surface area contributed by atoms with Crippen molar-refractivity contribution in [2.24, 2.45) is 5.92 Å². The van der Waals surface area contributed by atoms with Crippen molar-refractivity contribution in [2.75, 3.05) is 19.6 Å². The summed E-state index contributed by atoms with van der Waals surface area (Å²) in [6, 6.07) is 6.22. The van der Waals surface area contributed by atoms with E-state index in [0.717, 1.165) is 25.9 Å². The summed E-state index contributed by atoms with van der Waals surface area (Å²) in [5.74, 6) is 0.149. The number of aromatic nitrogens is 2. The number of hydrogen-bond acceptors (Lipinski definition) is 3. The first-order valence-corrected chi connectivity index (χ1v) is 8.58. The van der Waals surface area contributed by atoms with Gasteiger partial charge in [0.05, 0.1) is 0 Å². The molecule has 0 saturated carbocycles. The van der Waals surface area contributed by atoms with Gasteiger partial charge >= 0.3 is 6.18 Å². The van der Waals surface area contributed by atoms with E-state index in [1.165, 1.54) is 13.0 Å². The van der Waals surface area contributed by atoms with Gasteiger partial charge in [-0.25, -0.2) is 0 Å². The largest absolute Gasteiger partial charge is 0.435 e. The molecule has 3 rings (SSSR count). The molecule has 0 aliphatic carbocycles. The minimum Gasteiger partial charge on any atom is -0.352 e. The number of benzene rings is 1. The zero-order valence-corrected chi connectivity index (χ0v) is 14.4. The molecule has 1 amide bonds. The Morgan fingerprint density at radius 3 is 2.73 bits per heavy atom. The Morgan fingerprint density at radius 2 is 2.04 bits per heavy atom. The van der Waals surface area contributed by atoms with Crippen LogP contribution in [0.25, 0.3) is 11.1 Å². The number of amides is 1. The lowest BCUT2D eigenvalue weighted by molar-refractivity contribution is -0.140. The van der Waals surface area contributed by atoms with Gasteiger partial charge in [0.1, 0.15) is 0 Å². The molecule has 8 heteroatoms. The van der Waals surface area contributed by atoms with E-state index in [2.05, 4.69) is 20.8 Å².